The largest absolute Gasteiger partial charge is 0.390 e. The van der Waals surface area contributed by atoms with Gasteiger partial charge in [0.15, 0.2) is 0 Å². The molecule has 2 aromatic rings. The Hall–Kier alpha value is -1.06. The molecular weight excluding hydrogens is 559 g/mol. The van der Waals surface area contributed by atoms with Crippen molar-refractivity contribution >= 4 is 23.2 Å². The van der Waals surface area contributed by atoms with Crippen molar-refractivity contribution in [1.82, 2.24) is 0 Å². The average molecular weight is 624 g/mol. The minimum atomic E-state index is -0.653. The van der Waals surface area contributed by atoms with Gasteiger partial charge in [0.05, 0.1) is 11.2 Å². The minimum Gasteiger partial charge on any atom is -0.390 e. The highest BCUT2D eigenvalue weighted by atomic mass is 35.5. The quantitative estimate of drug-likeness (QED) is 0.314. The van der Waals surface area contributed by atoms with Gasteiger partial charge in [-0.1, -0.05) is 87.4 Å². The zero-order valence-electron chi connectivity index (χ0n) is 29.5. The Bertz CT molecular complexity index is 972. The van der Waals surface area contributed by atoms with Crippen molar-refractivity contribution in [2.75, 3.05) is 0 Å². The van der Waals surface area contributed by atoms with E-state index in [2.05, 4.69) is 71.9 Å². The normalized spacial score (nSPS) is 16.0. The maximum absolute atomic E-state index is 9.27. The average Bonchev–Trinajstić information content (AvgIpc) is 2.80. The van der Waals surface area contributed by atoms with Crippen molar-refractivity contribution in [1.29, 1.82) is 0 Å². The first-order chi connectivity index (χ1) is 18.6. The second kappa shape index (κ2) is 16.3. The number of fused-ring (bicyclic) bond motifs is 1. The van der Waals surface area contributed by atoms with Crippen LogP contribution in [0.1, 0.15) is 144 Å². The van der Waals surface area contributed by atoms with Gasteiger partial charge in [0.2, 0.25) is 0 Å². The summed E-state index contributed by atoms with van der Waals surface area (Å²) in [5.74, 6) is 0. The van der Waals surface area contributed by atoms with Crippen LogP contribution in [0.2, 0.25) is 0 Å². The highest BCUT2D eigenvalue weighted by Gasteiger charge is 2.36. The molecule has 0 saturated carbocycles. The van der Waals surface area contributed by atoms with Gasteiger partial charge >= 0.3 is 0 Å². The number of alkyl halides is 2. The molecule has 0 unspecified atom stereocenters. The molecule has 242 valence electrons. The first-order valence-corrected chi connectivity index (χ1v) is 16.4. The summed E-state index contributed by atoms with van der Waals surface area (Å²) in [4.78, 5) is -0.210. The van der Waals surface area contributed by atoms with Gasteiger partial charge in [0.1, 0.15) is 0 Å². The Morgan fingerprint density at radius 1 is 0.571 bits per heavy atom. The van der Waals surface area contributed by atoms with E-state index in [0.717, 1.165) is 12.8 Å². The van der Waals surface area contributed by atoms with Gasteiger partial charge in [-0.3, -0.25) is 0 Å². The van der Waals surface area contributed by atoms with Gasteiger partial charge in [-0.25, -0.2) is 0 Å². The fraction of sp³-hybridized carbons (Fsp3) is 0.684. The van der Waals surface area contributed by atoms with Crippen molar-refractivity contribution in [3.63, 3.8) is 0 Å². The third kappa shape index (κ3) is 20.0. The third-order valence-electron chi connectivity index (χ3n) is 7.61. The van der Waals surface area contributed by atoms with Crippen molar-refractivity contribution < 1.29 is 10.2 Å². The minimum absolute atomic E-state index is 0.105. The molecule has 4 heteroatoms. The van der Waals surface area contributed by atoms with Gasteiger partial charge in [0, 0.05) is 9.75 Å². The van der Waals surface area contributed by atoms with Gasteiger partial charge in [-0.15, -0.1) is 23.2 Å². The Balaban J connectivity index is 0.000000556. The lowest BCUT2D eigenvalue weighted by molar-refractivity contribution is 0.0169. The molecule has 0 fully saturated rings. The molecule has 1 aliphatic rings. The van der Waals surface area contributed by atoms with E-state index in [0.29, 0.717) is 23.7 Å². The van der Waals surface area contributed by atoms with E-state index in [1.165, 1.54) is 24.0 Å². The summed E-state index contributed by atoms with van der Waals surface area (Å²) >= 11 is 12.0. The summed E-state index contributed by atoms with van der Waals surface area (Å²) in [5, 5.41) is 18.5. The van der Waals surface area contributed by atoms with Crippen LogP contribution in [0.5, 0.6) is 0 Å². The van der Waals surface area contributed by atoms with Gasteiger partial charge < -0.3 is 10.2 Å². The van der Waals surface area contributed by atoms with E-state index in [9.17, 15) is 10.2 Å². The van der Waals surface area contributed by atoms with E-state index in [1.807, 2.05) is 45.9 Å². The third-order valence-corrected chi connectivity index (χ3v) is 7.99. The van der Waals surface area contributed by atoms with Crippen LogP contribution in [0, 0.1) is 13.8 Å². The zero-order chi connectivity index (χ0) is 33.2. The Labute approximate surface area is 270 Å². The maximum Gasteiger partial charge on any atom is 0.0592 e. The van der Waals surface area contributed by atoms with Crippen LogP contribution in [0.25, 0.3) is 0 Å². The van der Waals surface area contributed by atoms with Crippen LogP contribution in [-0.4, -0.2) is 31.2 Å². The Morgan fingerprint density at radius 2 is 0.952 bits per heavy atom. The molecule has 0 radical (unpaired) electrons. The lowest BCUT2D eigenvalue weighted by Crippen LogP contribution is -2.33. The SMILES string of the molecule is CC(C)(Cl)CCC(C)(C)Cl.CC(C)(O)CCC(C)(C)O.Cc1ccc2c(c1)C(C)(C)CCC2(C)C.Cc1ccccc1. The fourth-order valence-corrected chi connectivity index (χ4v) is 4.63. The van der Waals surface area contributed by atoms with Crippen LogP contribution in [0.4, 0.5) is 0 Å². The molecule has 2 N–H and O–H groups in total. The summed E-state index contributed by atoms with van der Waals surface area (Å²) < 4.78 is 0. The topological polar surface area (TPSA) is 40.5 Å². The first-order valence-electron chi connectivity index (χ1n) is 15.6. The molecule has 2 aromatic carbocycles. The predicted molar refractivity (Wildman–Crippen MR) is 189 cm³/mol. The monoisotopic (exact) mass is 622 g/mol. The fourth-order valence-electron chi connectivity index (χ4n) is 4.44. The van der Waals surface area contributed by atoms with Crippen LogP contribution in [0.15, 0.2) is 48.5 Å². The Morgan fingerprint density at radius 3 is 1.26 bits per heavy atom. The Kier molecular flexibility index (Phi) is 15.9. The molecule has 0 bridgehead atoms. The molecule has 0 saturated heterocycles. The first kappa shape index (κ1) is 40.9. The molecule has 3 rings (SSSR count). The summed E-state index contributed by atoms with van der Waals surface area (Å²) in [6.07, 6.45) is 5.80. The standard InChI is InChI=1S/C15H22.C8H16Cl2.C8H18O2.C7H8/c1-11-6-7-12-13(10-11)15(4,5)9-8-14(12,2)3;2*1-7(2,9)5-6-8(3,4)10;1-7-5-3-2-4-6-7/h6-7,10H,8-9H2,1-5H3;5-6H2,1-4H3;9-10H,5-6H2,1-4H3;2-6H,1H3. The van der Waals surface area contributed by atoms with E-state index in [-0.39, 0.29) is 9.75 Å². The number of halogens is 2. The molecule has 0 aliphatic heterocycles. The molecule has 1 aliphatic carbocycles. The second-order valence-electron chi connectivity index (χ2n) is 16.0. The molecular formula is C38H64Cl2O2. The lowest BCUT2D eigenvalue weighted by atomic mass is 9.63. The number of hydrogen-bond donors (Lipinski definition) is 2. The van der Waals surface area contributed by atoms with Crippen molar-refractivity contribution in [3.8, 4) is 0 Å². The van der Waals surface area contributed by atoms with E-state index < -0.39 is 11.2 Å². The van der Waals surface area contributed by atoms with Crippen molar-refractivity contribution in [2.45, 2.75) is 167 Å². The van der Waals surface area contributed by atoms with Crippen LogP contribution < -0.4 is 0 Å². The van der Waals surface area contributed by atoms with E-state index in [4.69, 9.17) is 23.2 Å². The number of benzene rings is 2. The molecule has 42 heavy (non-hydrogen) atoms. The zero-order valence-corrected chi connectivity index (χ0v) is 31.0. The lowest BCUT2D eigenvalue weighted by Gasteiger charge is -2.42. The van der Waals surface area contributed by atoms with Gasteiger partial charge in [0.25, 0.3) is 0 Å². The number of hydrogen-bond acceptors (Lipinski definition) is 2. The molecule has 0 aromatic heterocycles. The molecule has 0 amide bonds. The highest BCUT2D eigenvalue weighted by Crippen LogP contribution is 2.45. The van der Waals surface area contributed by atoms with Gasteiger partial charge in [-0.2, -0.15) is 0 Å². The summed E-state index contributed by atoms with van der Waals surface area (Å²) in [6.45, 7) is 28.8. The van der Waals surface area contributed by atoms with Crippen molar-refractivity contribution in [2.24, 2.45) is 0 Å². The number of rotatable bonds is 6. The van der Waals surface area contributed by atoms with Crippen LogP contribution in [-0.2, 0) is 10.8 Å². The smallest absolute Gasteiger partial charge is 0.0592 e. The predicted octanol–water partition coefficient (Wildman–Crippen LogP) is 11.4. The second-order valence-corrected chi connectivity index (χ2v) is 18.1. The summed E-state index contributed by atoms with van der Waals surface area (Å²) in [7, 11) is 0. The van der Waals surface area contributed by atoms with Gasteiger partial charge in [-0.05, 0) is 130 Å². The molecule has 0 spiro atoms. The number of aryl methyl sites for hydroxylation is 2. The molecule has 0 atom stereocenters. The van der Waals surface area contributed by atoms with Crippen molar-refractivity contribution in [3.05, 3.63) is 70.8 Å². The van der Waals surface area contributed by atoms with E-state index >= 15 is 0 Å². The van der Waals surface area contributed by atoms with Crippen LogP contribution in [0.3, 0.4) is 0 Å². The summed E-state index contributed by atoms with van der Waals surface area (Å²) in [6, 6.07) is 17.2. The number of aliphatic hydroxyl groups is 2. The van der Waals surface area contributed by atoms with E-state index in [1.54, 1.807) is 38.8 Å². The molecule has 2 nitrogen and oxygen atoms in total. The molecule has 0 heterocycles. The maximum atomic E-state index is 9.27. The highest BCUT2D eigenvalue weighted by molar-refractivity contribution is 6.24. The summed E-state index contributed by atoms with van der Waals surface area (Å²) in [5.41, 5.74) is 5.25. The van der Waals surface area contributed by atoms with Crippen LogP contribution >= 0.6 is 23.2 Å².